The van der Waals surface area contributed by atoms with Gasteiger partial charge in [0.1, 0.15) is 0 Å². The molecule has 0 aliphatic heterocycles. The first kappa shape index (κ1) is 14.3. The zero-order valence-corrected chi connectivity index (χ0v) is 14.5. The molecule has 4 heteroatoms. The number of hydrogen-bond donors (Lipinski definition) is 2. The summed E-state index contributed by atoms with van der Waals surface area (Å²) in [5.74, 6) is 3.40. The van der Waals surface area contributed by atoms with Crippen LogP contribution in [0.2, 0.25) is 5.02 Å². The molecule has 0 spiro atoms. The largest absolute Gasteiger partial charge is 0.378 e. The van der Waals surface area contributed by atoms with Crippen LogP contribution in [0.25, 0.3) is 0 Å². The highest BCUT2D eigenvalue weighted by molar-refractivity contribution is 9.10. The van der Waals surface area contributed by atoms with Crippen molar-refractivity contribution >= 4 is 33.2 Å². The normalized spacial score (nSPS) is 40.5. The molecule has 0 atom stereocenters. The van der Waals surface area contributed by atoms with Gasteiger partial charge in [-0.1, -0.05) is 11.6 Å². The molecule has 2 nitrogen and oxygen atoms in total. The van der Waals surface area contributed by atoms with Gasteiger partial charge < -0.3 is 11.1 Å². The zero-order chi connectivity index (χ0) is 14.6. The van der Waals surface area contributed by atoms with E-state index >= 15 is 0 Å². The van der Waals surface area contributed by atoms with Crippen LogP contribution in [-0.4, -0.2) is 12.1 Å². The Balaban J connectivity index is 1.65. The maximum atomic E-state index is 6.30. The van der Waals surface area contributed by atoms with Crippen LogP contribution in [-0.2, 0) is 0 Å². The van der Waals surface area contributed by atoms with E-state index in [0.29, 0.717) is 0 Å². The van der Waals surface area contributed by atoms with Gasteiger partial charge in [0.25, 0.3) is 0 Å². The van der Waals surface area contributed by atoms with Crippen LogP contribution in [0.3, 0.4) is 0 Å². The number of benzene rings is 1. The van der Waals surface area contributed by atoms with Gasteiger partial charge in [0.05, 0.1) is 10.6 Å². The lowest BCUT2D eigenvalue weighted by Gasteiger charge is -2.61. The predicted molar refractivity (Wildman–Crippen MR) is 91.6 cm³/mol. The predicted octanol–water partition coefficient (Wildman–Crippen LogP) is 4.67. The molecule has 21 heavy (non-hydrogen) atoms. The van der Waals surface area contributed by atoms with Crippen LogP contribution < -0.4 is 11.1 Å². The second-order valence-electron chi connectivity index (χ2n) is 7.30. The van der Waals surface area contributed by atoms with Crippen molar-refractivity contribution in [2.75, 3.05) is 11.9 Å². The molecule has 4 aliphatic rings. The monoisotopic (exact) mass is 368 g/mol. The van der Waals surface area contributed by atoms with E-state index in [0.717, 1.165) is 45.4 Å². The van der Waals surface area contributed by atoms with Gasteiger partial charge in [0.2, 0.25) is 0 Å². The minimum Gasteiger partial charge on any atom is -0.378 e. The number of nitrogens with one attached hydrogen (secondary N) is 1. The number of nitrogens with two attached hydrogens (primary N) is 1. The van der Waals surface area contributed by atoms with E-state index in [1.165, 1.54) is 32.1 Å². The zero-order valence-electron chi connectivity index (χ0n) is 12.1. The standard InChI is InChI=1S/C17H22BrClN2/c18-15-2-1-14(8-16(15)19)21-17(9-20)12-4-10-3-11(6-12)7-13(17)5-10/h1-2,8,10-13,21H,3-7,9,20H2. The molecule has 0 aromatic heterocycles. The summed E-state index contributed by atoms with van der Waals surface area (Å²) < 4.78 is 0.946. The molecule has 3 N–H and O–H groups in total. The lowest BCUT2D eigenvalue weighted by atomic mass is 9.48. The Morgan fingerprint density at radius 2 is 1.76 bits per heavy atom. The van der Waals surface area contributed by atoms with Crippen LogP contribution in [0.1, 0.15) is 32.1 Å². The molecule has 0 amide bonds. The Morgan fingerprint density at radius 1 is 1.14 bits per heavy atom. The average Bonchev–Trinajstić information content (AvgIpc) is 2.46. The summed E-state index contributed by atoms with van der Waals surface area (Å²) in [4.78, 5) is 0. The maximum absolute atomic E-state index is 6.30. The van der Waals surface area contributed by atoms with E-state index in [4.69, 9.17) is 17.3 Å². The highest BCUT2D eigenvalue weighted by Gasteiger charge is 2.56. The Labute approximate surface area is 139 Å². The van der Waals surface area contributed by atoms with Crippen molar-refractivity contribution in [2.45, 2.75) is 37.6 Å². The van der Waals surface area contributed by atoms with Gasteiger partial charge in [-0.05, 0) is 89.9 Å². The van der Waals surface area contributed by atoms with Crippen LogP contribution in [0, 0.1) is 23.7 Å². The van der Waals surface area contributed by atoms with Crippen molar-refractivity contribution in [1.29, 1.82) is 0 Å². The summed E-state index contributed by atoms with van der Waals surface area (Å²) >= 11 is 9.72. The van der Waals surface area contributed by atoms with E-state index < -0.39 is 0 Å². The fraction of sp³-hybridized carbons (Fsp3) is 0.647. The van der Waals surface area contributed by atoms with E-state index in [2.05, 4.69) is 27.3 Å². The molecule has 4 fully saturated rings. The third-order valence-electron chi connectivity index (χ3n) is 6.23. The van der Waals surface area contributed by atoms with Crippen molar-refractivity contribution < 1.29 is 0 Å². The first-order valence-electron chi connectivity index (χ1n) is 8.04. The lowest BCUT2D eigenvalue weighted by molar-refractivity contribution is -0.0405. The van der Waals surface area contributed by atoms with E-state index in [1.807, 2.05) is 12.1 Å². The molecule has 0 unspecified atom stereocenters. The van der Waals surface area contributed by atoms with Crippen LogP contribution >= 0.6 is 27.5 Å². The molecule has 4 bridgehead atoms. The van der Waals surface area contributed by atoms with Crippen molar-refractivity contribution in [3.63, 3.8) is 0 Å². The molecular weight excluding hydrogens is 348 g/mol. The second-order valence-corrected chi connectivity index (χ2v) is 8.56. The molecule has 0 saturated heterocycles. The molecule has 1 aromatic carbocycles. The molecule has 0 heterocycles. The highest BCUT2D eigenvalue weighted by atomic mass is 79.9. The number of rotatable bonds is 3. The second kappa shape index (κ2) is 5.14. The minimum atomic E-state index is 0.0879. The Morgan fingerprint density at radius 3 is 2.29 bits per heavy atom. The number of halogens is 2. The third-order valence-corrected chi connectivity index (χ3v) is 7.46. The fourth-order valence-corrected chi connectivity index (χ4v) is 5.88. The van der Waals surface area contributed by atoms with Gasteiger partial charge in [0, 0.05) is 16.7 Å². The van der Waals surface area contributed by atoms with Gasteiger partial charge >= 0.3 is 0 Å². The Bertz CT molecular complexity index is 532. The number of anilines is 1. The van der Waals surface area contributed by atoms with Gasteiger partial charge in [-0.25, -0.2) is 0 Å². The van der Waals surface area contributed by atoms with E-state index in [9.17, 15) is 0 Å². The molecule has 5 rings (SSSR count). The summed E-state index contributed by atoms with van der Waals surface area (Å²) in [6.45, 7) is 0.732. The summed E-state index contributed by atoms with van der Waals surface area (Å²) in [7, 11) is 0. The Kier molecular flexibility index (Phi) is 3.51. The molecule has 4 saturated carbocycles. The first-order chi connectivity index (χ1) is 10.1. The topological polar surface area (TPSA) is 38.0 Å². The molecular formula is C17H22BrClN2. The van der Waals surface area contributed by atoms with E-state index in [-0.39, 0.29) is 5.54 Å². The molecule has 1 aromatic rings. The third kappa shape index (κ3) is 2.24. The summed E-state index contributed by atoms with van der Waals surface area (Å²) in [6.07, 6.45) is 6.92. The molecule has 0 radical (unpaired) electrons. The average molecular weight is 370 g/mol. The van der Waals surface area contributed by atoms with Gasteiger partial charge in [0.15, 0.2) is 0 Å². The van der Waals surface area contributed by atoms with Gasteiger partial charge in [-0.15, -0.1) is 0 Å². The fourth-order valence-electron chi connectivity index (χ4n) is 5.46. The van der Waals surface area contributed by atoms with Crippen molar-refractivity contribution in [3.05, 3.63) is 27.7 Å². The quantitative estimate of drug-likeness (QED) is 0.812. The minimum absolute atomic E-state index is 0.0879. The van der Waals surface area contributed by atoms with Crippen molar-refractivity contribution in [2.24, 2.45) is 29.4 Å². The van der Waals surface area contributed by atoms with Crippen LogP contribution in [0.15, 0.2) is 22.7 Å². The first-order valence-corrected chi connectivity index (χ1v) is 9.21. The lowest BCUT2D eigenvalue weighted by Crippen LogP contribution is -2.65. The van der Waals surface area contributed by atoms with Crippen molar-refractivity contribution in [3.8, 4) is 0 Å². The van der Waals surface area contributed by atoms with Gasteiger partial charge in [-0.2, -0.15) is 0 Å². The SMILES string of the molecule is NCC1(Nc2ccc(Br)c(Cl)c2)C2CC3CC(C2)CC1C3. The molecule has 4 aliphatic carbocycles. The van der Waals surface area contributed by atoms with E-state index in [1.54, 1.807) is 0 Å². The highest BCUT2D eigenvalue weighted by Crippen LogP contribution is 2.58. The van der Waals surface area contributed by atoms with Gasteiger partial charge in [-0.3, -0.25) is 0 Å². The van der Waals surface area contributed by atoms with Crippen molar-refractivity contribution in [1.82, 2.24) is 0 Å². The number of hydrogen-bond acceptors (Lipinski definition) is 2. The smallest absolute Gasteiger partial charge is 0.0568 e. The summed E-state index contributed by atoms with van der Waals surface area (Å²) in [5, 5.41) is 4.59. The van der Waals surface area contributed by atoms with Crippen LogP contribution in [0.5, 0.6) is 0 Å². The Hall–Kier alpha value is -0.250. The summed E-state index contributed by atoms with van der Waals surface area (Å²) in [5.41, 5.74) is 7.50. The maximum Gasteiger partial charge on any atom is 0.0568 e. The van der Waals surface area contributed by atoms with Crippen LogP contribution in [0.4, 0.5) is 5.69 Å². The molecule has 114 valence electrons. The summed E-state index contributed by atoms with van der Waals surface area (Å²) in [6, 6.07) is 6.15.